The molecular weight excluding hydrogens is 418 g/mol. The third-order valence-corrected chi connectivity index (χ3v) is 5.06. The molecule has 0 spiro atoms. The van der Waals surface area contributed by atoms with Crippen molar-refractivity contribution in [2.24, 2.45) is 0 Å². The molecule has 0 saturated heterocycles. The summed E-state index contributed by atoms with van der Waals surface area (Å²) >= 11 is 0.834. The van der Waals surface area contributed by atoms with Crippen molar-refractivity contribution >= 4 is 17.7 Å². The van der Waals surface area contributed by atoms with Gasteiger partial charge in [-0.15, -0.1) is 0 Å². The quantitative estimate of drug-likeness (QED) is 0.333. The molecule has 1 amide bonds. The first-order chi connectivity index (χ1) is 14.2. The van der Waals surface area contributed by atoms with Gasteiger partial charge in [-0.25, -0.2) is 14.4 Å². The van der Waals surface area contributed by atoms with Crippen LogP contribution in [0.15, 0.2) is 65.8 Å². The summed E-state index contributed by atoms with van der Waals surface area (Å²) in [7, 11) is 0. The second-order valence-corrected chi connectivity index (χ2v) is 7.70. The smallest absolute Gasteiger partial charge is 0.351 e. The number of carbonyl (C=O) groups is 1. The lowest BCUT2D eigenvalue weighted by Gasteiger charge is -2.14. The number of nitrogens with zero attached hydrogens (tertiary/aromatic N) is 2. The molecule has 1 heterocycles. The minimum atomic E-state index is -4.64. The van der Waals surface area contributed by atoms with Crippen LogP contribution in [0.3, 0.4) is 0 Å². The molecule has 156 valence electrons. The van der Waals surface area contributed by atoms with Crippen LogP contribution in [0.2, 0.25) is 0 Å². The van der Waals surface area contributed by atoms with Crippen LogP contribution in [0.1, 0.15) is 18.2 Å². The average molecular weight is 435 g/mol. The molecule has 0 aliphatic carbocycles. The lowest BCUT2D eigenvalue weighted by atomic mass is 10.1. The summed E-state index contributed by atoms with van der Waals surface area (Å²) < 4.78 is 52.8. The number of rotatable bonds is 6. The van der Waals surface area contributed by atoms with Gasteiger partial charge in [0.25, 0.3) is 0 Å². The third kappa shape index (κ3) is 5.79. The number of halogens is 4. The van der Waals surface area contributed by atoms with Gasteiger partial charge in [-0.05, 0) is 30.7 Å². The van der Waals surface area contributed by atoms with Gasteiger partial charge < -0.3 is 5.32 Å². The first kappa shape index (κ1) is 21.8. The molecule has 0 radical (unpaired) electrons. The molecule has 1 aromatic heterocycles. The van der Waals surface area contributed by atoms with E-state index >= 15 is 0 Å². The zero-order valence-corrected chi connectivity index (χ0v) is 16.6. The number of hydrogen-bond donors (Lipinski definition) is 1. The monoisotopic (exact) mass is 435 g/mol. The minimum absolute atomic E-state index is 0.124. The zero-order chi connectivity index (χ0) is 21.7. The van der Waals surface area contributed by atoms with E-state index in [0.29, 0.717) is 11.1 Å². The highest BCUT2D eigenvalue weighted by Gasteiger charge is 2.34. The van der Waals surface area contributed by atoms with Gasteiger partial charge in [-0.3, -0.25) is 4.79 Å². The predicted molar refractivity (Wildman–Crippen MR) is 106 cm³/mol. The van der Waals surface area contributed by atoms with Gasteiger partial charge in [0.15, 0.2) is 5.16 Å². The lowest BCUT2D eigenvalue weighted by Crippen LogP contribution is -2.30. The molecular formula is C21H17F4N3OS. The number of alkyl halides is 3. The van der Waals surface area contributed by atoms with Gasteiger partial charge in [0.05, 0.1) is 10.9 Å². The Morgan fingerprint density at radius 1 is 1.07 bits per heavy atom. The maximum atomic E-state index is 13.3. The SMILES string of the molecule is C[C@H](Sc1nc(-c2ccccc2)cc(C(F)(F)F)n1)C(=O)NCc1ccc(F)cc1. The Balaban J connectivity index is 1.75. The fourth-order valence-corrected chi connectivity index (χ4v) is 3.34. The Bertz CT molecular complexity index is 1010. The highest BCUT2D eigenvalue weighted by atomic mass is 32.2. The van der Waals surface area contributed by atoms with Crippen LogP contribution in [0.4, 0.5) is 17.6 Å². The number of amides is 1. The van der Waals surface area contributed by atoms with E-state index in [1.165, 1.54) is 24.3 Å². The predicted octanol–water partition coefficient (Wildman–Crippen LogP) is 5.10. The zero-order valence-electron chi connectivity index (χ0n) is 15.8. The van der Waals surface area contributed by atoms with E-state index in [0.717, 1.165) is 17.8 Å². The standard InChI is InChI=1S/C21H17F4N3OS/c1-13(19(29)26-12-14-7-9-16(22)10-8-14)30-20-27-17(15-5-3-2-4-6-15)11-18(28-20)21(23,24)25/h2-11,13H,12H2,1H3,(H,26,29)/t13-/m0/s1. The van der Waals surface area contributed by atoms with Gasteiger partial charge in [0, 0.05) is 12.1 Å². The first-order valence-corrected chi connectivity index (χ1v) is 9.81. The maximum absolute atomic E-state index is 13.3. The molecule has 2 aromatic carbocycles. The summed E-state index contributed by atoms with van der Waals surface area (Å²) in [6.45, 7) is 1.72. The van der Waals surface area contributed by atoms with Crippen molar-refractivity contribution in [3.8, 4) is 11.3 Å². The molecule has 3 rings (SSSR count). The summed E-state index contributed by atoms with van der Waals surface area (Å²) in [5.74, 6) is -0.781. The summed E-state index contributed by atoms with van der Waals surface area (Å²) in [4.78, 5) is 20.1. The number of nitrogens with one attached hydrogen (secondary N) is 1. The number of thioether (sulfide) groups is 1. The van der Waals surface area contributed by atoms with Crippen molar-refractivity contribution in [3.63, 3.8) is 0 Å². The molecule has 0 unspecified atom stereocenters. The topological polar surface area (TPSA) is 54.9 Å². The van der Waals surface area contributed by atoms with Crippen LogP contribution in [-0.2, 0) is 17.5 Å². The number of carbonyl (C=O) groups excluding carboxylic acids is 1. The second kappa shape index (κ2) is 9.25. The van der Waals surface area contributed by atoms with Crippen LogP contribution in [0.5, 0.6) is 0 Å². The molecule has 9 heteroatoms. The Morgan fingerprint density at radius 3 is 2.37 bits per heavy atom. The van der Waals surface area contributed by atoms with Crippen molar-refractivity contribution in [2.75, 3.05) is 0 Å². The third-order valence-electron chi connectivity index (χ3n) is 4.10. The first-order valence-electron chi connectivity index (χ1n) is 8.93. The average Bonchev–Trinajstić information content (AvgIpc) is 2.73. The lowest BCUT2D eigenvalue weighted by molar-refractivity contribution is -0.141. The highest BCUT2D eigenvalue weighted by Crippen LogP contribution is 2.32. The Hall–Kier alpha value is -2.94. The molecule has 0 aliphatic rings. The van der Waals surface area contributed by atoms with E-state index in [2.05, 4.69) is 15.3 Å². The minimum Gasteiger partial charge on any atom is -0.351 e. The molecule has 0 saturated carbocycles. The molecule has 0 fully saturated rings. The fraction of sp³-hybridized carbons (Fsp3) is 0.190. The molecule has 1 atom stereocenters. The highest BCUT2D eigenvalue weighted by molar-refractivity contribution is 8.00. The Labute approximate surface area is 174 Å². The fourth-order valence-electron chi connectivity index (χ4n) is 2.53. The van der Waals surface area contributed by atoms with Crippen molar-refractivity contribution in [1.29, 1.82) is 0 Å². The molecule has 1 N–H and O–H groups in total. The van der Waals surface area contributed by atoms with E-state index in [4.69, 9.17) is 0 Å². The van der Waals surface area contributed by atoms with Gasteiger partial charge in [0.1, 0.15) is 11.5 Å². The van der Waals surface area contributed by atoms with Crippen LogP contribution < -0.4 is 5.32 Å². The van der Waals surface area contributed by atoms with Crippen molar-refractivity contribution in [3.05, 3.63) is 77.7 Å². The number of benzene rings is 2. The van der Waals surface area contributed by atoms with Gasteiger partial charge >= 0.3 is 6.18 Å². The molecule has 0 aliphatic heterocycles. The van der Waals surface area contributed by atoms with Gasteiger partial charge in [-0.1, -0.05) is 54.2 Å². The summed E-state index contributed by atoms with van der Waals surface area (Å²) in [6, 6.07) is 15.0. The summed E-state index contributed by atoms with van der Waals surface area (Å²) in [6.07, 6.45) is -4.64. The van der Waals surface area contributed by atoms with E-state index < -0.39 is 23.0 Å². The van der Waals surface area contributed by atoms with Crippen LogP contribution >= 0.6 is 11.8 Å². The summed E-state index contributed by atoms with van der Waals surface area (Å²) in [5, 5.41) is 1.79. The van der Waals surface area contributed by atoms with Crippen LogP contribution in [-0.4, -0.2) is 21.1 Å². The Morgan fingerprint density at radius 2 is 1.73 bits per heavy atom. The normalized spacial score (nSPS) is 12.4. The van der Waals surface area contributed by atoms with E-state index in [-0.39, 0.29) is 23.2 Å². The van der Waals surface area contributed by atoms with Crippen molar-refractivity contribution in [2.45, 2.75) is 30.1 Å². The van der Waals surface area contributed by atoms with Gasteiger partial charge in [-0.2, -0.15) is 13.2 Å². The molecule has 30 heavy (non-hydrogen) atoms. The van der Waals surface area contributed by atoms with Crippen LogP contribution in [0.25, 0.3) is 11.3 Å². The van der Waals surface area contributed by atoms with E-state index in [1.807, 2.05) is 0 Å². The van der Waals surface area contributed by atoms with E-state index in [1.54, 1.807) is 37.3 Å². The maximum Gasteiger partial charge on any atom is 0.433 e. The van der Waals surface area contributed by atoms with Crippen molar-refractivity contribution < 1.29 is 22.4 Å². The molecule has 3 aromatic rings. The van der Waals surface area contributed by atoms with Crippen LogP contribution in [0, 0.1) is 5.82 Å². The number of hydrogen-bond acceptors (Lipinski definition) is 4. The second-order valence-electron chi connectivity index (χ2n) is 6.39. The summed E-state index contributed by atoms with van der Waals surface area (Å²) in [5.41, 5.74) is 0.265. The van der Waals surface area contributed by atoms with Crippen molar-refractivity contribution in [1.82, 2.24) is 15.3 Å². The molecule has 4 nitrogen and oxygen atoms in total. The molecule has 0 bridgehead atoms. The Kier molecular flexibility index (Phi) is 6.71. The largest absolute Gasteiger partial charge is 0.433 e. The number of aromatic nitrogens is 2. The van der Waals surface area contributed by atoms with Gasteiger partial charge in [0.2, 0.25) is 5.91 Å². The van der Waals surface area contributed by atoms with E-state index in [9.17, 15) is 22.4 Å².